The molecule has 1 heterocycles. The van der Waals surface area contributed by atoms with Gasteiger partial charge in [-0.1, -0.05) is 133 Å². The standard InChI is InChI=1S/C54H41N3/c1-5-15-44(16-6-1)55(45-17-7-2-8-18-45)48-32-25-40(26-33-48)41-27-34-49(35-28-41)56(46-19-9-3-10-20-46)50-36-29-42(30-37-50)43-31-38-54-52(39-43)51-23-13-14-24-53(51)57(54)47-21-11-4-12-22-47/h1-29,31-39,42H,30H2. The number of anilines is 5. The van der Waals surface area contributed by atoms with Gasteiger partial charge in [0.2, 0.25) is 0 Å². The van der Waals surface area contributed by atoms with Gasteiger partial charge in [0.05, 0.1) is 11.0 Å². The minimum Gasteiger partial charge on any atom is -0.311 e. The van der Waals surface area contributed by atoms with Crippen LogP contribution < -0.4 is 9.80 Å². The Morgan fingerprint density at radius 2 is 0.877 bits per heavy atom. The van der Waals surface area contributed by atoms with E-state index in [9.17, 15) is 0 Å². The first-order valence-corrected chi connectivity index (χ1v) is 19.7. The fraction of sp³-hybridized carbons (Fsp3) is 0.0370. The Morgan fingerprint density at radius 1 is 0.404 bits per heavy atom. The molecule has 1 aliphatic rings. The third-order valence-corrected chi connectivity index (χ3v) is 11.1. The molecule has 0 aliphatic heterocycles. The van der Waals surface area contributed by atoms with Crippen LogP contribution in [0.25, 0.3) is 38.6 Å². The summed E-state index contributed by atoms with van der Waals surface area (Å²) >= 11 is 0. The third kappa shape index (κ3) is 6.60. The van der Waals surface area contributed by atoms with Crippen molar-refractivity contribution in [3.63, 3.8) is 0 Å². The summed E-state index contributed by atoms with van der Waals surface area (Å²) in [5, 5.41) is 2.57. The van der Waals surface area contributed by atoms with E-state index in [2.05, 4.69) is 245 Å². The van der Waals surface area contributed by atoms with Gasteiger partial charge in [0.25, 0.3) is 0 Å². The van der Waals surface area contributed by atoms with Crippen LogP contribution in [0.15, 0.2) is 236 Å². The second-order valence-corrected chi connectivity index (χ2v) is 14.6. The quantitative estimate of drug-likeness (QED) is 0.146. The molecule has 3 nitrogen and oxygen atoms in total. The summed E-state index contributed by atoms with van der Waals surface area (Å²) in [6.45, 7) is 0. The lowest BCUT2D eigenvalue weighted by Gasteiger charge is -2.29. The van der Waals surface area contributed by atoms with Gasteiger partial charge >= 0.3 is 0 Å². The molecule has 1 unspecified atom stereocenters. The van der Waals surface area contributed by atoms with E-state index in [0.717, 1.165) is 34.9 Å². The van der Waals surface area contributed by atoms with Gasteiger partial charge in [-0.15, -0.1) is 0 Å². The molecular formula is C54H41N3. The Labute approximate surface area is 334 Å². The van der Waals surface area contributed by atoms with Crippen LogP contribution in [0.2, 0.25) is 0 Å². The minimum atomic E-state index is 0.291. The second-order valence-electron chi connectivity index (χ2n) is 14.6. The van der Waals surface area contributed by atoms with Crippen LogP contribution in [0.3, 0.4) is 0 Å². The van der Waals surface area contributed by atoms with Crippen molar-refractivity contribution in [2.75, 3.05) is 9.80 Å². The van der Waals surface area contributed by atoms with Gasteiger partial charge in [-0.25, -0.2) is 0 Å². The Hall–Kier alpha value is -7.36. The van der Waals surface area contributed by atoms with E-state index in [-0.39, 0.29) is 0 Å². The summed E-state index contributed by atoms with van der Waals surface area (Å²) in [5.74, 6) is 0.291. The van der Waals surface area contributed by atoms with Gasteiger partial charge in [-0.2, -0.15) is 0 Å². The Kier molecular flexibility index (Phi) is 9.02. The fourth-order valence-corrected chi connectivity index (χ4v) is 8.33. The zero-order chi connectivity index (χ0) is 38.0. The number of rotatable bonds is 9. The lowest BCUT2D eigenvalue weighted by atomic mass is 9.90. The first-order chi connectivity index (χ1) is 28.3. The number of benzene rings is 8. The highest BCUT2D eigenvalue weighted by atomic mass is 15.1. The lowest BCUT2D eigenvalue weighted by Crippen LogP contribution is -2.17. The maximum absolute atomic E-state index is 2.41. The highest BCUT2D eigenvalue weighted by molar-refractivity contribution is 6.09. The number of nitrogens with zero attached hydrogens (tertiary/aromatic N) is 3. The molecule has 1 aliphatic carbocycles. The Balaban J connectivity index is 0.924. The summed E-state index contributed by atoms with van der Waals surface area (Å²) < 4.78 is 2.38. The van der Waals surface area contributed by atoms with Crippen LogP contribution in [0, 0.1) is 0 Å². The van der Waals surface area contributed by atoms with Gasteiger partial charge < -0.3 is 14.4 Å². The number of aromatic nitrogens is 1. The average molecular weight is 732 g/mol. The average Bonchev–Trinajstić information content (AvgIpc) is 3.62. The number of fused-ring (bicyclic) bond motifs is 3. The maximum Gasteiger partial charge on any atom is 0.0541 e. The molecule has 9 aromatic rings. The highest BCUT2D eigenvalue weighted by Gasteiger charge is 2.20. The van der Waals surface area contributed by atoms with Crippen LogP contribution in [0.1, 0.15) is 17.9 Å². The molecule has 1 aromatic heterocycles. The monoisotopic (exact) mass is 731 g/mol. The molecule has 272 valence electrons. The zero-order valence-electron chi connectivity index (χ0n) is 31.6. The lowest BCUT2D eigenvalue weighted by molar-refractivity contribution is 0.841. The molecule has 0 fully saturated rings. The van der Waals surface area contributed by atoms with E-state index in [1.54, 1.807) is 0 Å². The molecule has 1 atom stereocenters. The van der Waals surface area contributed by atoms with Gasteiger partial charge in [-0.3, -0.25) is 0 Å². The topological polar surface area (TPSA) is 11.4 Å². The van der Waals surface area contributed by atoms with Crippen LogP contribution >= 0.6 is 0 Å². The molecule has 0 amide bonds. The highest BCUT2D eigenvalue weighted by Crippen LogP contribution is 2.40. The van der Waals surface area contributed by atoms with E-state index < -0.39 is 0 Å². The van der Waals surface area contributed by atoms with Crippen molar-refractivity contribution in [3.05, 3.63) is 242 Å². The van der Waals surface area contributed by atoms with E-state index in [4.69, 9.17) is 0 Å². The first kappa shape index (κ1) is 34.2. The SMILES string of the molecule is C1=CC(c2ccc3c(c2)c2ccccc2n3-c2ccccc2)CC=C1N(c1ccccc1)c1ccc(-c2ccc(N(c3ccccc3)c3ccccc3)cc2)cc1. The van der Waals surface area contributed by atoms with Gasteiger partial charge in [0.15, 0.2) is 0 Å². The number of hydrogen-bond acceptors (Lipinski definition) is 2. The van der Waals surface area contributed by atoms with Gasteiger partial charge in [0, 0.05) is 56.5 Å². The summed E-state index contributed by atoms with van der Waals surface area (Å²) in [7, 11) is 0. The Bertz CT molecular complexity index is 2800. The van der Waals surface area contributed by atoms with Crippen molar-refractivity contribution in [2.24, 2.45) is 0 Å². The van der Waals surface area contributed by atoms with Gasteiger partial charge in [-0.05, 0) is 120 Å². The minimum absolute atomic E-state index is 0.291. The number of para-hydroxylation sites is 5. The molecular weight excluding hydrogens is 691 g/mol. The van der Waals surface area contributed by atoms with Crippen LogP contribution in [0.5, 0.6) is 0 Å². The van der Waals surface area contributed by atoms with Crippen molar-refractivity contribution >= 4 is 50.2 Å². The van der Waals surface area contributed by atoms with Crippen molar-refractivity contribution in [1.29, 1.82) is 0 Å². The molecule has 0 saturated carbocycles. The normalized spacial score (nSPS) is 13.8. The first-order valence-electron chi connectivity index (χ1n) is 19.7. The largest absolute Gasteiger partial charge is 0.311 e. The smallest absolute Gasteiger partial charge is 0.0541 e. The third-order valence-electron chi connectivity index (χ3n) is 11.1. The second kappa shape index (κ2) is 15.1. The molecule has 0 N–H and O–H groups in total. The van der Waals surface area contributed by atoms with E-state index in [1.165, 1.54) is 49.9 Å². The van der Waals surface area contributed by atoms with E-state index in [0.29, 0.717) is 5.92 Å². The maximum atomic E-state index is 2.41. The molecule has 8 aromatic carbocycles. The van der Waals surface area contributed by atoms with Crippen LogP contribution in [-0.4, -0.2) is 4.57 Å². The van der Waals surface area contributed by atoms with E-state index >= 15 is 0 Å². The molecule has 10 rings (SSSR count). The summed E-state index contributed by atoms with van der Waals surface area (Å²) in [6, 6.07) is 76.1. The van der Waals surface area contributed by atoms with Crippen molar-refractivity contribution in [3.8, 4) is 16.8 Å². The van der Waals surface area contributed by atoms with E-state index in [1.807, 2.05) is 0 Å². The van der Waals surface area contributed by atoms with Crippen molar-refractivity contribution in [2.45, 2.75) is 12.3 Å². The Morgan fingerprint density at radius 3 is 1.44 bits per heavy atom. The molecule has 0 saturated heterocycles. The summed E-state index contributed by atoms with van der Waals surface area (Å²) in [6.07, 6.45) is 8.00. The summed E-state index contributed by atoms with van der Waals surface area (Å²) in [5.41, 5.74) is 14.2. The molecule has 0 radical (unpaired) electrons. The fourth-order valence-electron chi connectivity index (χ4n) is 8.33. The van der Waals surface area contributed by atoms with Crippen LogP contribution in [0.4, 0.5) is 28.4 Å². The summed E-state index contributed by atoms with van der Waals surface area (Å²) in [4.78, 5) is 4.66. The molecule has 3 heteroatoms. The van der Waals surface area contributed by atoms with Crippen molar-refractivity contribution < 1.29 is 0 Å². The molecule has 57 heavy (non-hydrogen) atoms. The molecule has 0 spiro atoms. The molecule has 0 bridgehead atoms. The zero-order valence-corrected chi connectivity index (χ0v) is 31.6. The predicted octanol–water partition coefficient (Wildman–Crippen LogP) is 14.7. The number of allylic oxidation sites excluding steroid dienone is 3. The van der Waals surface area contributed by atoms with Crippen LogP contribution in [-0.2, 0) is 0 Å². The predicted molar refractivity (Wildman–Crippen MR) is 241 cm³/mol. The van der Waals surface area contributed by atoms with Crippen molar-refractivity contribution in [1.82, 2.24) is 4.57 Å². The van der Waals surface area contributed by atoms with Gasteiger partial charge in [0.1, 0.15) is 0 Å². The number of hydrogen-bond donors (Lipinski definition) is 0.